The first kappa shape index (κ1) is 10.5. The van der Waals surface area contributed by atoms with E-state index in [0.717, 1.165) is 16.5 Å². The summed E-state index contributed by atoms with van der Waals surface area (Å²) in [5, 5.41) is 9.36. The molecule has 0 atom stereocenters. The predicted molar refractivity (Wildman–Crippen MR) is 68.4 cm³/mol. The van der Waals surface area contributed by atoms with Gasteiger partial charge < -0.3 is 11.5 Å². The van der Waals surface area contributed by atoms with Crippen LogP contribution in [0.15, 0.2) is 24.5 Å². The average molecular weight is 241 g/mol. The number of aromatic nitrogens is 5. The van der Waals surface area contributed by atoms with Crippen LogP contribution in [-0.4, -0.2) is 25.0 Å². The van der Waals surface area contributed by atoms with Crippen molar-refractivity contribution >= 4 is 22.4 Å². The van der Waals surface area contributed by atoms with Crippen molar-refractivity contribution < 1.29 is 0 Å². The third-order valence-electron chi connectivity index (χ3n) is 2.74. The Morgan fingerprint density at radius 1 is 1.17 bits per heavy atom. The topological polar surface area (TPSA) is 109 Å². The van der Waals surface area contributed by atoms with Crippen LogP contribution in [0.3, 0.4) is 0 Å². The Morgan fingerprint density at radius 2 is 2.00 bits per heavy atom. The van der Waals surface area contributed by atoms with E-state index in [9.17, 15) is 0 Å². The van der Waals surface area contributed by atoms with Crippen LogP contribution in [-0.2, 0) is 7.05 Å². The zero-order chi connectivity index (χ0) is 12.7. The fraction of sp³-hybridized carbons (Fsp3) is 0.0909. The SMILES string of the molecule is Cn1nncc1-c1cc2cc(N)ncc2c(N)n1. The van der Waals surface area contributed by atoms with E-state index in [1.807, 2.05) is 6.07 Å². The minimum absolute atomic E-state index is 0.413. The second-order valence-electron chi connectivity index (χ2n) is 3.97. The standard InChI is InChI=1S/C11H11N7/c1-18-9(5-15-17-18)8-2-6-3-10(12)14-4-7(6)11(13)16-8/h2-5H,1H3,(H2,12,14)(H2,13,16). The number of hydrogen-bond donors (Lipinski definition) is 2. The van der Waals surface area contributed by atoms with E-state index in [4.69, 9.17) is 11.5 Å². The second kappa shape index (κ2) is 3.66. The summed E-state index contributed by atoms with van der Waals surface area (Å²) in [5.41, 5.74) is 13.1. The maximum Gasteiger partial charge on any atom is 0.133 e. The van der Waals surface area contributed by atoms with Crippen LogP contribution in [0.2, 0.25) is 0 Å². The summed E-state index contributed by atoms with van der Waals surface area (Å²) in [7, 11) is 1.80. The third-order valence-corrected chi connectivity index (χ3v) is 2.74. The molecule has 0 fully saturated rings. The number of hydrogen-bond acceptors (Lipinski definition) is 6. The molecule has 3 heterocycles. The first-order valence-electron chi connectivity index (χ1n) is 5.32. The van der Waals surface area contributed by atoms with Gasteiger partial charge in [-0.1, -0.05) is 5.21 Å². The first-order valence-corrected chi connectivity index (χ1v) is 5.32. The zero-order valence-corrected chi connectivity index (χ0v) is 9.70. The molecule has 0 saturated carbocycles. The van der Waals surface area contributed by atoms with Gasteiger partial charge in [0.2, 0.25) is 0 Å². The molecule has 18 heavy (non-hydrogen) atoms. The molecule has 4 N–H and O–H groups in total. The smallest absolute Gasteiger partial charge is 0.133 e. The molecule has 3 aromatic rings. The summed E-state index contributed by atoms with van der Waals surface area (Å²) >= 11 is 0. The molecule has 0 aliphatic carbocycles. The monoisotopic (exact) mass is 241 g/mol. The number of nitrogens with two attached hydrogens (primary N) is 2. The lowest BCUT2D eigenvalue weighted by molar-refractivity contribution is 0.719. The van der Waals surface area contributed by atoms with Crippen LogP contribution in [0.1, 0.15) is 0 Å². The summed E-state index contributed by atoms with van der Waals surface area (Å²) in [6.07, 6.45) is 3.26. The van der Waals surface area contributed by atoms with Gasteiger partial charge >= 0.3 is 0 Å². The number of fused-ring (bicyclic) bond motifs is 1. The fourth-order valence-corrected chi connectivity index (χ4v) is 1.84. The van der Waals surface area contributed by atoms with Crippen molar-refractivity contribution in [2.75, 3.05) is 11.5 Å². The van der Waals surface area contributed by atoms with Crippen molar-refractivity contribution in [2.45, 2.75) is 0 Å². The van der Waals surface area contributed by atoms with Gasteiger partial charge in [-0.3, -0.25) is 0 Å². The highest BCUT2D eigenvalue weighted by Crippen LogP contribution is 2.25. The van der Waals surface area contributed by atoms with Crippen LogP contribution in [0, 0.1) is 0 Å². The van der Waals surface area contributed by atoms with E-state index in [1.54, 1.807) is 30.2 Å². The Hall–Kier alpha value is -2.70. The molecular formula is C11H11N7. The van der Waals surface area contributed by atoms with Gasteiger partial charge in [0.25, 0.3) is 0 Å². The second-order valence-corrected chi connectivity index (χ2v) is 3.97. The summed E-state index contributed by atoms with van der Waals surface area (Å²) in [6.45, 7) is 0. The zero-order valence-electron chi connectivity index (χ0n) is 9.70. The molecule has 0 aliphatic heterocycles. The minimum Gasteiger partial charge on any atom is -0.384 e. The molecule has 7 heteroatoms. The van der Waals surface area contributed by atoms with E-state index >= 15 is 0 Å². The molecule has 0 aliphatic rings. The van der Waals surface area contributed by atoms with Gasteiger partial charge in [0.05, 0.1) is 11.9 Å². The van der Waals surface area contributed by atoms with E-state index in [1.165, 1.54) is 0 Å². The molecule has 0 saturated heterocycles. The summed E-state index contributed by atoms with van der Waals surface area (Å²) in [6, 6.07) is 3.66. The molecule has 0 bridgehead atoms. The number of aryl methyl sites for hydroxylation is 1. The molecule has 0 amide bonds. The van der Waals surface area contributed by atoms with Crippen LogP contribution in [0.4, 0.5) is 11.6 Å². The van der Waals surface area contributed by atoms with Crippen LogP contribution in [0.5, 0.6) is 0 Å². The Bertz CT molecular complexity index is 731. The van der Waals surface area contributed by atoms with Crippen molar-refractivity contribution in [2.24, 2.45) is 7.05 Å². The quantitative estimate of drug-likeness (QED) is 0.645. The minimum atomic E-state index is 0.413. The van der Waals surface area contributed by atoms with Crippen molar-refractivity contribution in [3.05, 3.63) is 24.5 Å². The van der Waals surface area contributed by atoms with E-state index < -0.39 is 0 Å². The number of rotatable bonds is 1. The van der Waals surface area contributed by atoms with Gasteiger partial charge in [0, 0.05) is 18.6 Å². The van der Waals surface area contributed by atoms with Crippen LogP contribution < -0.4 is 11.5 Å². The molecule has 0 aromatic carbocycles. The van der Waals surface area contributed by atoms with Crippen LogP contribution in [0.25, 0.3) is 22.2 Å². The summed E-state index contributed by atoms with van der Waals surface area (Å²) in [4.78, 5) is 8.34. The van der Waals surface area contributed by atoms with Gasteiger partial charge in [-0.05, 0) is 17.5 Å². The molecule has 0 radical (unpaired) electrons. The van der Waals surface area contributed by atoms with Gasteiger partial charge in [0.1, 0.15) is 17.3 Å². The lowest BCUT2D eigenvalue weighted by atomic mass is 10.1. The lowest BCUT2D eigenvalue weighted by Crippen LogP contribution is -2.00. The Morgan fingerprint density at radius 3 is 2.72 bits per heavy atom. The average Bonchev–Trinajstić information content (AvgIpc) is 2.74. The fourth-order valence-electron chi connectivity index (χ4n) is 1.84. The van der Waals surface area contributed by atoms with Gasteiger partial charge in [-0.2, -0.15) is 0 Å². The molecule has 7 nitrogen and oxygen atoms in total. The largest absolute Gasteiger partial charge is 0.384 e. The van der Waals surface area contributed by atoms with E-state index in [2.05, 4.69) is 20.3 Å². The molecule has 0 unspecified atom stereocenters. The van der Waals surface area contributed by atoms with Crippen molar-refractivity contribution in [1.82, 2.24) is 25.0 Å². The maximum absolute atomic E-state index is 5.92. The number of anilines is 2. The summed E-state index contributed by atoms with van der Waals surface area (Å²) < 4.78 is 1.64. The first-order chi connectivity index (χ1) is 8.65. The van der Waals surface area contributed by atoms with Crippen LogP contribution >= 0.6 is 0 Å². The Balaban J connectivity index is 2.30. The maximum atomic E-state index is 5.92. The van der Waals surface area contributed by atoms with Gasteiger partial charge in [0.15, 0.2) is 0 Å². The highest BCUT2D eigenvalue weighted by atomic mass is 15.4. The molecule has 90 valence electrons. The third kappa shape index (κ3) is 1.53. The van der Waals surface area contributed by atoms with Crippen molar-refractivity contribution in [1.29, 1.82) is 0 Å². The van der Waals surface area contributed by atoms with Gasteiger partial charge in [-0.25, -0.2) is 14.6 Å². The Labute approximate surface area is 102 Å². The Kier molecular flexibility index (Phi) is 2.12. The van der Waals surface area contributed by atoms with Crippen molar-refractivity contribution in [3.63, 3.8) is 0 Å². The van der Waals surface area contributed by atoms with Gasteiger partial charge in [-0.15, -0.1) is 5.10 Å². The molecular weight excluding hydrogens is 230 g/mol. The summed E-state index contributed by atoms with van der Waals surface area (Å²) in [5.74, 6) is 0.860. The highest BCUT2D eigenvalue weighted by molar-refractivity contribution is 5.93. The number of pyridine rings is 2. The normalized spacial score (nSPS) is 10.9. The van der Waals surface area contributed by atoms with Crippen molar-refractivity contribution in [3.8, 4) is 11.4 Å². The highest BCUT2D eigenvalue weighted by Gasteiger charge is 2.09. The number of nitrogens with zero attached hydrogens (tertiary/aromatic N) is 5. The van der Waals surface area contributed by atoms with E-state index in [-0.39, 0.29) is 0 Å². The lowest BCUT2D eigenvalue weighted by Gasteiger charge is -2.06. The number of nitrogen functional groups attached to an aromatic ring is 2. The van der Waals surface area contributed by atoms with E-state index in [0.29, 0.717) is 17.3 Å². The molecule has 3 rings (SSSR count). The molecule has 0 spiro atoms. The predicted octanol–water partition coefficient (Wildman–Crippen LogP) is 0.590. The molecule has 3 aromatic heterocycles.